The van der Waals surface area contributed by atoms with E-state index in [0.717, 1.165) is 5.69 Å². The molecule has 80 valence electrons. The molecular weight excluding hydrogens is 190 g/mol. The number of nitrogens with one attached hydrogen (secondary N) is 2. The third-order valence-corrected chi connectivity index (χ3v) is 1.79. The van der Waals surface area contributed by atoms with Gasteiger partial charge in [-0.15, -0.1) is 0 Å². The monoisotopic (exact) mass is 205 g/mol. The van der Waals surface area contributed by atoms with Crippen molar-refractivity contribution in [3.05, 3.63) is 30.3 Å². The van der Waals surface area contributed by atoms with Crippen LogP contribution >= 0.6 is 0 Å². The van der Waals surface area contributed by atoms with Gasteiger partial charge < -0.3 is 5.32 Å². The summed E-state index contributed by atoms with van der Waals surface area (Å²) < 4.78 is 0. The van der Waals surface area contributed by atoms with Crippen molar-refractivity contribution >= 4 is 17.3 Å². The van der Waals surface area contributed by atoms with Crippen LogP contribution in [-0.4, -0.2) is 18.2 Å². The van der Waals surface area contributed by atoms with Crippen molar-refractivity contribution in [1.29, 1.82) is 0 Å². The summed E-state index contributed by atoms with van der Waals surface area (Å²) in [6, 6.07) is 9.49. The smallest absolute Gasteiger partial charge is 0.267 e. The van der Waals surface area contributed by atoms with Crippen LogP contribution in [0.3, 0.4) is 0 Å². The zero-order chi connectivity index (χ0) is 11.1. The topological polar surface area (TPSA) is 53.5 Å². The van der Waals surface area contributed by atoms with E-state index in [9.17, 15) is 4.79 Å². The molecule has 0 fully saturated rings. The van der Waals surface area contributed by atoms with E-state index in [1.807, 2.05) is 37.3 Å². The highest BCUT2D eigenvalue weighted by Gasteiger charge is 2.02. The lowest BCUT2D eigenvalue weighted by Crippen LogP contribution is -2.29. The number of nitrogens with zero attached hydrogens (tertiary/aromatic N) is 1. The minimum Gasteiger partial charge on any atom is -0.351 e. The molecule has 1 rings (SSSR count). The zero-order valence-corrected chi connectivity index (χ0v) is 8.95. The standard InChI is InChI=1S/C11H15N3O/c1-3-12-11(15)9(2)13-14-10-7-5-4-6-8-10/h4-8,14H,3H2,1-2H3,(H,12,15)/b13-9-. The lowest BCUT2D eigenvalue weighted by atomic mass is 10.3. The van der Waals surface area contributed by atoms with E-state index in [4.69, 9.17) is 0 Å². The number of rotatable bonds is 4. The second kappa shape index (κ2) is 5.80. The summed E-state index contributed by atoms with van der Waals surface area (Å²) in [7, 11) is 0. The quantitative estimate of drug-likeness (QED) is 0.579. The van der Waals surface area contributed by atoms with E-state index in [-0.39, 0.29) is 5.91 Å². The first kappa shape index (κ1) is 11.2. The molecule has 1 amide bonds. The molecule has 2 N–H and O–H groups in total. The number of benzene rings is 1. The SMILES string of the molecule is CCNC(=O)/C(C)=N\Nc1ccccc1. The van der Waals surface area contributed by atoms with E-state index >= 15 is 0 Å². The third-order valence-electron chi connectivity index (χ3n) is 1.79. The molecule has 1 aromatic rings. The van der Waals surface area contributed by atoms with Gasteiger partial charge in [-0.1, -0.05) is 18.2 Å². The van der Waals surface area contributed by atoms with Crippen LogP contribution in [-0.2, 0) is 4.79 Å². The van der Waals surface area contributed by atoms with Crippen LogP contribution in [0.1, 0.15) is 13.8 Å². The van der Waals surface area contributed by atoms with Gasteiger partial charge in [-0.05, 0) is 26.0 Å². The van der Waals surface area contributed by atoms with Crippen molar-refractivity contribution in [2.75, 3.05) is 12.0 Å². The second-order valence-corrected chi connectivity index (χ2v) is 3.03. The van der Waals surface area contributed by atoms with Crippen LogP contribution in [0.25, 0.3) is 0 Å². The van der Waals surface area contributed by atoms with E-state index in [1.54, 1.807) is 6.92 Å². The molecule has 4 nitrogen and oxygen atoms in total. The molecule has 0 saturated carbocycles. The molecule has 0 heterocycles. The number of anilines is 1. The van der Waals surface area contributed by atoms with E-state index < -0.39 is 0 Å². The maximum Gasteiger partial charge on any atom is 0.267 e. The fraction of sp³-hybridized carbons (Fsp3) is 0.273. The molecule has 0 unspecified atom stereocenters. The predicted molar refractivity (Wildman–Crippen MR) is 61.9 cm³/mol. The van der Waals surface area contributed by atoms with Crippen LogP contribution in [0.2, 0.25) is 0 Å². The second-order valence-electron chi connectivity index (χ2n) is 3.03. The zero-order valence-electron chi connectivity index (χ0n) is 8.95. The summed E-state index contributed by atoms with van der Waals surface area (Å²) in [6.07, 6.45) is 0. The Kier molecular flexibility index (Phi) is 4.34. The number of hydrogen-bond donors (Lipinski definition) is 2. The minimum atomic E-state index is -0.152. The van der Waals surface area contributed by atoms with Gasteiger partial charge in [0.1, 0.15) is 5.71 Å². The van der Waals surface area contributed by atoms with Gasteiger partial charge in [-0.3, -0.25) is 10.2 Å². The Morgan fingerprint density at radius 2 is 2.00 bits per heavy atom. The van der Waals surface area contributed by atoms with Gasteiger partial charge in [0.25, 0.3) is 5.91 Å². The summed E-state index contributed by atoms with van der Waals surface area (Å²) in [5, 5.41) is 6.64. The normalized spacial score (nSPS) is 10.9. The average molecular weight is 205 g/mol. The number of amides is 1. The van der Waals surface area contributed by atoms with Gasteiger partial charge >= 0.3 is 0 Å². The first-order chi connectivity index (χ1) is 7.24. The van der Waals surface area contributed by atoms with E-state index in [2.05, 4.69) is 15.8 Å². The summed E-state index contributed by atoms with van der Waals surface area (Å²) in [4.78, 5) is 11.3. The number of para-hydroxylation sites is 1. The first-order valence-electron chi connectivity index (χ1n) is 4.87. The van der Waals surface area contributed by atoms with Crippen LogP contribution in [0, 0.1) is 0 Å². The molecule has 0 radical (unpaired) electrons. The van der Waals surface area contributed by atoms with Gasteiger partial charge in [-0.2, -0.15) is 5.10 Å². The summed E-state index contributed by atoms with van der Waals surface area (Å²) >= 11 is 0. The Hall–Kier alpha value is -1.84. The molecule has 0 aliphatic heterocycles. The molecule has 0 bridgehead atoms. The molecule has 1 aromatic carbocycles. The number of carbonyl (C=O) groups is 1. The van der Waals surface area contributed by atoms with Crippen molar-refractivity contribution < 1.29 is 4.79 Å². The highest BCUT2D eigenvalue weighted by Crippen LogP contribution is 2.04. The van der Waals surface area contributed by atoms with Crippen molar-refractivity contribution in [2.45, 2.75) is 13.8 Å². The minimum absolute atomic E-state index is 0.152. The van der Waals surface area contributed by atoms with Gasteiger partial charge in [0.2, 0.25) is 0 Å². The molecule has 0 spiro atoms. The van der Waals surface area contributed by atoms with Crippen molar-refractivity contribution in [2.24, 2.45) is 5.10 Å². The molecule has 15 heavy (non-hydrogen) atoms. The van der Waals surface area contributed by atoms with Gasteiger partial charge in [0.05, 0.1) is 5.69 Å². The van der Waals surface area contributed by atoms with E-state index in [1.165, 1.54) is 0 Å². The average Bonchev–Trinajstić information content (AvgIpc) is 2.27. The fourth-order valence-corrected chi connectivity index (χ4v) is 1.00. The largest absolute Gasteiger partial charge is 0.351 e. The summed E-state index contributed by atoms with van der Waals surface area (Å²) in [5.74, 6) is -0.152. The van der Waals surface area contributed by atoms with Crippen molar-refractivity contribution in [3.63, 3.8) is 0 Å². The third kappa shape index (κ3) is 3.81. The molecule has 4 heteroatoms. The van der Waals surface area contributed by atoms with Crippen molar-refractivity contribution in [1.82, 2.24) is 5.32 Å². The highest BCUT2D eigenvalue weighted by atomic mass is 16.1. The van der Waals surface area contributed by atoms with Crippen LogP contribution in [0.4, 0.5) is 5.69 Å². The first-order valence-corrected chi connectivity index (χ1v) is 4.87. The Morgan fingerprint density at radius 3 is 2.60 bits per heavy atom. The maximum absolute atomic E-state index is 11.3. The molecule has 0 aliphatic rings. The number of carbonyl (C=O) groups excluding carboxylic acids is 1. The maximum atomic E-state index is 11.3. The number of hydrazone groups is 1. The van der Waals surface area contributed by atoms with Gasteiger partial charge in [0.15, 0.2) is 0 Å². The van der Waals surface area contributed by atoms with Gasteiger partial charge in [0, 0.05) is 6.54 Å². The number of hydrogen-bond acceptors (Lipinski definition) is 3. The van der Waals surface area contributed by atoms with E-state index in [0.29, 0.717) is 12.3 Å². The predicted octanol–water partition coefficient (Wildman–Crippen LogP) is 1.61. The molecule has 0 aliphatic carbocycles. The molecule has 0 aromatic heterocycles. The summed E-state index contributed by atoms with van der Waals surface area (Å²) in [6.45, 7) is 4.15. The van der Waals surface area contributed by atoms with Crippen LogP contribution in [0.15, 0.2) is 35.4 Å². The lowest BCUT2D eigenvalue weighted by Gasteiger charge is -2.02. The Bertz CT molecular complexity index is 346. The summed E-state index contributed by atoms with van der Waals surface area (Å²) in [5.41, 5.74) is 4.09. The van der Waals surface area contributed by atoms with Crippen LogP contribution < -0.4 is 10.7 Å². The lowest BCUT2D eigenvalue weighted by molar-refractivity contribution is -0.114. The molecule has 0 saturated heterocycles. The molecule has 0 atom stereocenters. The fourth-order valence-electron chi connectivity index (χ4n) is 1.00. The van der Waals surface area contributed by atoms with Crippen LogP contribution in [0.5, 0.6) is 0 Å². The van der Waals surface area contributed by atoms with Gasteiger partial charge in [-0.25, -0.2) is 0 Å². The Balaban J connectivity index is 2.54. The Morgan fingerprint density at radius 1 is 1.33 bits per heavy atom. The molecular formula is C11H15N3O. The highest BCUT2D eigenvalue weighted by molar-refractivity contribution is 6.38. The Labute approximate surface area is 89.4 Å². The van der Waals surface area contributed by atoms with Crippen molar-refractivity contribution in [3.8, 4) is 0 Å².